The second-order valence-electron chi connectivity index (χ2n) is 6.71. The van der Waals surface area contributed by atoms with Gasteiger partial charge in [0, 0.05) is 30.6 Å². The molecule has 0 aromatic carbocycles. The average Bonchev–Trinajstić information content (AvgIpc) is 2.79. The van der Waals surface area contributed by atoms with Crippen LogP contribution in [-0.4, -0.2) is 84.0 Å². The van der Waals surface area contributed by atoms with Gasteiger partial charge in [0.15, 0.2) is 0 Å². The third kappa shape index (κ3) is 5.84. The van der Waals surface area contributed by atoms with Crippen molar-refractivity contribution >= 4 is 17.8 Å². The van der Waals surface area contributed by atoms with E-state index in [0.29, 0.717) is 24.5 Å². The fourth-order valence-electron chi connectivity index (χ4n) is 2.97. The molecule has 27 heavy (non-hydrogen) atoms. The van der Waals surface area contributed by atoms with Crippen molar-refractivity contribution in [3.8, 4) is 0 Å². The zero-order valence-corrected chi connectivity index (χ0v) is 15.9. The molecule has 2 heterocycles. The van der Waals surface area contributed by atoms with Crippen molar-refractivity contribution in [1.29, 1.82) is 0 Å². The minimum Gasteiger partial charge on any atom is -0.384 e. The molecule has 0 unspecified atom stereocenters. The molecule has 1 atom stereocenters. The van der Waals surface area contributed by atoms with Gasteiger partial charge in [-0.2, -0.15) is 0 Å². The lowest BCUT2D eigenvalue weighted by Crippen LogP contribution is -2.54. The number of ether oxygens (including phenoxy) is 2. The highest BCUT2D eigenvalue weighted by Gasteiger charge is 2.35. The molecule has 1 aliphatic heterocycles. The van der Waals surface area contributed by atoms with Gasteiger partial charge < -0.3 is 30.5 Å². The predicted molar refractivity (Wildman–Crippen MR) is 96.9 cm³/mol. The van der Waals surface area contributed by atoms with Crippen LogP contribution in [0.1, 0.15) is 17.0 Å². The molecular weight excluding hydrogens is 354 g/mol. The molecule has 10 nitrogen and oxygen atoms in total. The fourth-order valence-corrected chi connectivity index (χ4v) is 2.97. The Balaban J connectivity index is 2.06. The molecule has 0 saturated carbocycles. The molecule has 0 radical (unpaired) electrons. The highest BCUT2D eigenvalue weighted by Crippen LogP contribution is 2.16. The zero-order valence-electron chi connectivity index (χ0n) is 15.9. The summed E-state index contributed by atoms with van der Waals surface area (Å²) in [6, 6.07) is 0. The number of nitrogens with two attached hydrogens (primary N) is 1. The Bertz CT molecular complexity index is 675. The van der Waals surface area contributed by atoms with Crippen LogP contribution < -0.4 is 11.1 Å². The number of aromatic nitrogens is 2. The van der Waals surface area contributed by atoms with E-state index in [9.17, 15) is 14.7 Å². The van der Waals surface area contributed by atoms with Crippen molar-refractivity contribution in [2.45, 2.75) is 25.9 Å². The summed E-state index contributed by atoms with van der Waals surface area (Å²) in [4.78, 5) is 34.1. The molecule has 0 aliphatic carbocycles. The quantitative estimate of drug-likeness (QED) is 0.545. The Hall–Kier alpha value is -2.30. The van der Waals surface area contributed by atoms with E-state index in [2.05, 4.69) is 15.3 Å². The van der Waals surface area contributed by atoms with Crippen LogP contribution in [-0.2, 0) is 25.5 Å². The first-order valence-corrected chi connectivity index (χ1v) is 8.67. The van der Waals surface area contributed by atoms with E-state index in [0.717, 1.165) is 5.56 Å². The van der Waals surface area contributed by atoms with Gasteiger partial charge in [-0.3, -0.25) is 9.59 Å². The molecule has 0 bridgehead atoms. The molecule has 1 aromatic rings. The second kappa shape index (κ2) is 9.07. The second-order valence-corrected chi connectivity index (χ2v) is 6.71. The van der Waals surface area contributed by atoms with Gasteiger partial charge in [-0.05, 0) is 13.8 Å². The van der Waals surface area contributed by atoms with Crippen LogP contribution in [0, 0.1) is 13.8 Å². The molecule has 1 saturated heterocycles. The topological polar surface area (TPSA) is 140 Å². The Morgan fingerprint density at radius 3 is 2.67 bits per heavy atom. The highest BCUT2D eigenvalue weighted by atomic mass is 16.5. The van der Waals surface area contributed by atoms with Gasteiger partial charge in [0.2, 0.25) is 17.8 Å². The van der Waals surface area contributed by atoms with Crippen LogP contribution in [0.15, 0.2) is 0 Å². The van der Waals surface area contributed by atoms with Crippen molar-refractivity contribution in [2.75, 3.05) is 52.3 Å². The Morgan fingerprint density at radius 1 is 1.37 bits per heavy atom. The smallest absolute Gasteiger partial charge is 0.246 e. The molecule has 2 rings (SSSR count). The molecular formula is C17H27N5O5. The van der Waals surface area contributed by atoms with Crippen molar-refractivity contribution in [2.24, 2.45) is 0 Å². The summed E-state index contributed by atoms with van der Waals surface area (Å²) in [5.74, 6) is -0.356. The number of aryl methyl sites for hydroxylation is 2. The number of nitrogen functional groups attached to an aromatic ring is 1. The van der Waals surface area contributed by atoms with Gasteiger partial charge in [0.05, 0.1) is 32.7 Å². The standard InChI is InChI=1S/C17H27N5O5/c1-11-13(12(2)21-16(18)20-11)6-15(24)22-4-5-27-10-17(25,9-22)8-19-14(23)7-26-3/h25H,4-10H2,1-3H3,(H,19,23)(H2,18,20,21)/t17-/m1/s1. The Labute approximate surface area is 158 Å². The summed E-state index contributed by atoms with van der Waals surface area (Å²) < 4.78 is 10.2. The van der Waals surface area contributed by atoms with Crippen molar-refractivity contribution in [3.63, 3.8) is 0 Å². The number of hydrogen-bond donors (Lipinski definition) is 3. The summed E-state index contributed by atoms with van der Waals surface area (Å²) in [6.45, 7) is 4.14. The fraction of sp³-hybridized carbons (Fsp3) is 0.647. The third-order valence-electron chi connectivity index (χ3n) is 4.37. The predicted octanol–water partition coefficient (Wildman–Crippen LogP) is -1.43. The van der Waals surface area contributed by atoms with Crippen LogP contribution in [0.3, 0.4) is 0 Å². The number of aliphatic hydroxyl groups is 1. The maximum absolute atomic E-state index is 12.8. The number of β-amino-alcohol motifs (C(OH)–C–C–N with tert-alkyl or cyclic N) is 1. The third-order valence-corrected chi connectivity index (χ3v) is 4.37. The van der Waals surface area contributed by atoms with Gasteiger partial charge in [0.25, 0.3) is 0 Å². The first-order chi connectivity index (χ1) is 12.7. The summed E-state index contributed by atoms with van der Waals surface area (Å²) in [7, 11) is 1.41. The maximum Gasteiger partial charge on any atom is 0.246 e. The molecule has 2 amide bonds. The number of methoxy groups -OCH3 is 1. The van der Waals surface area contributed by atoms with Crippen molar-refractivity contribution < 1.29 is 24.2 Å². The molecule has 4 N–H and O–H groups in total. The number of amides is 2. The normalized spacial score (nSPS) is 20.2. The molecule has 150 valence electrons. The lowest BCUT2D eigenvalue weighted by atomic mass is 10.0. The lowest BCUT2D eigenvalue weighted by molar-refractivity contribution is -0.133. The number of nitrogens with zero attached hydrogens (tertiary/aromatic N) is 3. The summed E-state index contributed by atoms with van der Waals surface area (Å²) in [5.41, 5.74) is 6.28. The maximum atomic E-state index is 12.8. The SMILES string of the molecule is COCC(=O)NC[C@]1(O)COCCN(C(=O)Cc2c(C)nc(N)nc2C)C1. The summed E-state index contributed by atoms with van der Waals surface area (Å²) in [5, 5.41) is 13.4. The van der Waals surface area contributed by atoms with Gasteiger partial charge in [-0.1, -0.05) is 0 Å². The van der Waals surface area contributed by atoms with Gasteiger partial charge >= 0.3 is 0 Å². The van der Waals surface area contributed by atoms with Crippen molar-refractivity contribution in [3.05, 3.63) is 17.0 Å². The van der Waals surface area contributed by atoms with E-state index in [1.807, 2.05) is 0 Å². The minimum absolute atomic E-state index is 0.0209. The summed E-state index contributed by atoms with van der Waals surface area (Å²) >= 11 is 0. The van der Waals surface area contributed by atoms with Crippen LogP contribution in [0.5, 0.6) is 0 Å². The van der Waals surface area contributed by atoms with Crippen LogP contribution >= 0.6 is 0 Å². The first-order valence-electron chi connectivity index (χ1n) is 8.67. The molecule has 1 aromatic heterocycles. The van der Waals surface area contributed by atoms with Crippen LogP contribution in [0.4, 0.5) is 5.95 Å². The van der Waals surface area contributed by atoms with Crippen LogP contribution in [0.2, 0.25) is 0 Å². The van der Waals surface area contributed by atoms with E-state index < -0.39 is 5.60 Å². The number of carbonyl (C=O) groups is 2. The minimum atomic E-state index is -1.38. The highest BCUT2D eigenvalue weighted by molar-refractivity contribution is 5.79. The van der Waals surface area contributed by atoms with Crippen LogP contribution in [0.25, 0.3) is 0 Å². The largest absolute Gasteiger partial charge is 0.384 e. The van der Waals surface area contributed by atoms with E-state index in [1.54, 1.807) is 13.8 Å². The van der Waals surface area contributed by atoms with E-state index in [-0.39, 0.29) is 50.5 Å². The zero-order chi connectivity index (χ0) is 20.0. The monoisotopic (exact) mass is 381 g/mol. The summed E-state index contributed by atoms with van der Waals surface area (Å²) in [6.07, 6.45) is 0.101. The lowest BCUT2D eigenvalue weighted by Gasteiger charge is -2.31. The molecule has 0 spiro atoms. The molecule has 1 fully saturated rings. The number of hydrogen-bond acceptors (Lipinski definition) is 8. The first kappa shape index (κ1) is 21.0. The molecule has 10 heteroatoms. The average molecular weight is 381 g/mol. The van der Waals surface area contributed by atoms with E-state index in [4.69, 9.17) is 15.2 Å². The van der Waals surface area contributed by atoms with E-state index >= 15 is 0 Å². The number of rotatable bonds is 6. The Morgan fingerprint density at radius 2 is 2.04 bits per heavy atom. The van der Waals surface area contributed by atoms with Gasteiger partial charge in [-0.15, -0.1) is 0 Å². The number of nitrogens with one attached hydrogen (secondary N) is 1. The van der Waals surface area contributed by atoms with Gasteiger partial charge in [-0.25, -0.2) is 9.97 Å². The van der Waals surface area contributed by atoms with Gasteiger partial charge in [0.1, 0.15) is 12.2 Å². The van der Waals surface area contributed by atoms with E-state index in [1.165, 1.54) is 12.0 Å². The van der Waals surface area contributed by atoms with Crippen molar-refractivity contribution in [1.82, 2.24) is 20.2 Å². The number of anilines is 1. The Kier molecular flexibility index (Phi) is 7.05. The molecule has 1 aliphatic rings. The number of carbonyl (C=O) groups excluding carboxylic acids is 2.